The van der Waals surface area contributed by atoms with Crippen molar-refractivity contribution in [2.45, 2.75) is 0 Å². The Labute approximate surface area is 353 Å². The van der Waals surface area contributed by atoms with Gasteiger partial charge in [0.1, 0.15) is 0 Å². The molecule has 0 radical (unpaired) electrons. The second-order valence-corrected chi connectivity index (χ2v) is 19.4. The minimum atomic E-state index is -2.76. The van der Waals surface area contributed by atoms with Crippen molar-refractivity contribution in [3.05, 3.63) is 237 Å². The second kappa shape index (κ2) is 14.1. The van der Waals surface area contributed by atoms with Crippen LogP contribution in [-0.4, -0.2) is 31.0 Å². The lowest BCUT2D eigenvalue weighted by Gasteiger charge is -2.34. The van der Waals surface area contributed by atoms with Crippen molar-refractivity contribution >= 4 is 84.2 Å². The van der Waals surface area contributed by atoms with E-state index >= 15 is 0 Å². The largest absolute Gasteiger partial charge is 0.306 e. The van der Waals surface area contributed by atoms with Gasteiger partial charge >= 0.3 is 0 Å². The number of fused-ring (bicyclic) bond motifs is 8. The molecule has 0 unspecified atom stereocenters. The Balaban J connectivity index is 1.26. The highest BCUT2D eigenvalue weighted by Gasteiger charge is 2.41. The van der Waals surface area contributed by atoms with Crippen LogP contribution in [0.1, 0.15) is 0 Å². The van der Waals surface area contributed by atoms with E-state index < -0.39 is 8.07 Å². The number of rotatable bonds is 6. The molecular formula is C55H39N5Si. The molecule has 0 N–H and O–H groups in total. The van der Waals surface area contributed by atoms with Gasteiger partial charge in [-0.25, -0.2) is 4.98 Å². The van der Waals surface area contributed by atoms with Crippen molar-refractivity contribution < 1.29 is 0 Å². The third-order valence-corrected chi connectivity index (χ3v) is 17.2. The van der Waals surface area contributed by atoms with Crippen molar-refractivity contribution in [3.63, 3.8) is 0 Å². The van der Waals surface area contributed by atoms with Crippen LogP contribution < -0.4 is 20.7 Å². The van der Waals surface area contributed by atoms with E-state index in [1.165, 1.54) is 20.7 Å². The zero-order valence-corrected chi connectivity index (χ0v) is 34.3. The van der Waals surface area contributed by atoms with Gasteiger partial charge in [0.15, 0.2) is 8.07 Å². The molecule has 12 rings (SSSR count). The monoisotopic (exact) mass is 797 g/mol. The molecule has 12 aromatic rings. The number of hydrogen-bond acceptors (Lipinski definition) is 1. The predicted molar refractivity (Wildman–Crippen MR) is 256 cm³/mol. The van der Waals surface area contributed by atoms with Gasteiger partial charge in [0.05, 0.1) is 49.7 Å². The minimum absolute atomic E-state index is 0.870. The molecule has 0 saturated heterocycles. The fourth-order valence-corrected chi connectivity index (χ4v) is 14.6. The number of benzene rings is 9. The Kier molecular flexibility index (Phi) is 8.11. The Bertz CT molecular complexity index is 3520. The van der Waals surface area contributed by atoms with E-state index in [1.54, 1.807) is 0 Å². The van der Waals surface area contributed by atoms with Crippen molar-refractivity contribution in [3.8, 4) is 11.4 Å². The number of imidazole rings is 2. The lowest BCUT2D eigenvalue weighted by molar-refractivity contribution is 1.13. The molecule has 0 aliphatic rings. The van der Waals surface area contributed by atoms with Gasteiger partial charge in [0, 0.05) is 11.4 Å². The van der Waals surface area contributed by atoms with E-state index in [0.717, 1.165) is 66.8 Å². The fraction of sp³-hybridized carbons (Fsp3) is 0. The van der Waals surface area contributed by atoms with E-state index in [9.17, 15) is 0 Å². The van der Waals surface area contributed by atoms with Gasteiger partial charge in [-0.05, 0) is 93.5 Å². The summed E-state index contributed by atoms with van der Waals surface area (Å²) in [5.41, 5.74) is 11.7. The van der Waals surface area contributed by atoms with Crippen LogP contribution in [-0.2, 0) is 0 Å². The minimum Gasteiger partial charge on any atom is -0.306 e. The van der Waals surface area contributed by atoms with Crippen LogP contribution in [0.15, 0.2) is 237 Å². The molecule has 61 heavy (non-hydrogen) atoms. The van der Waals surface area contributed by atoms with Crippen LogP contribution in [0, 0.1) is 0 Å². The molecule has 3 aromatic heterocycles. The van der Waals surface area contributed by atoms with Crippen LogP contribution in [0.4, 0.5) is 0 Å². The Morgan fingerprint density at radius 3 is 1.25 bits per heavy atom. The fourth-order valence-electron chi connectivity index (χ4n) is 9.84. The van der Waals surface area contributed by atoms with Gasteiger partial charge in [-0.15, -0.1) is 0 Å². The van der Waals surface area contributed by atoms with E-state index in [1.807, 2.05) is 0 Å². The first-order chi connectivity index (χ1) is 30.3. The second-order valence-electron chi connectivity index (χ2n) is 15.6. The number of para-hydroxylation sites is 8. The smallest absolute Gasteiger partial charge is 0.220 e. The normalized spacial score (nSPS) is 11.9. The van der Waals surface area contributed by atoms with E-state index in [0.29, 0.717) is 0 Å². The molecule has 3 heterocycles. The maximum atomic E-state index is 5.36. The standard InChI is InChI=1S/C55H39N5Si/c1-5-20-40(21-6-1)57-48-30-15-16-31-49(48)58(52-34-19-35-53-54(52)60(51-33-18-17-32-50(51)57)55-56-46-28-13-14-29-47(46)59(53)55)41-36-38-45(39-37-41)61(42-22-7-2-8-23-42,43-24-9-3-10-25-43)44-26-11-4-12-27-44/h1-39H. The number of hydrogen-bond donors (Lipinski definition) is 0. The summed E-state index contributed by atoms with van der Waals surface area (Å²) in [7, 11) is -2.76. The maximum absolute atomic E-state index is 5.36. The summed E-state index contributed by atoms with van der Waals surface area (Å²) < 4.78 is 9.56. The molecule has 0 fully saturated rings. The van der Waals surface area contributed by atoms with Crippen LogP contribution in [0.2, 0.25) is 0 Å². The third-order valence-electron chi connectivity index (χ3n) is 12.4. The third kappa shape index (κ3) is 5.29. The van der Waals surface area contributed by atoms with Crippen molar-refractivity contribution in [1.29, 1.82) is 0 Å². The van der Waals surface area contributed by atoms with Crippen LogP contribution in [0.25, 0.3) is 66.8 Å². The maximum Gasteiger partial charge on any atom is 0.220 e. The highest BCUT2D eigenvalue weighted by atomic mass is 28.3. The summed E-state index contributed by atoms with van der Waals surface area (Å²) in [5.74, 6) is 0.870. The molecule has 0 saturated carbocycles. The zero-order valence-electron chi connectivity index (χ0n) is 33.3. The average molecular weight is 798 g/mol. The SMILES string of the molecule is c1ccc(-n2c3ccccc3n(-c3ccc([Si](c4ccccc4)(c4ccccc4)c4ccccc4)cc3)c3cccc4c3n(c3ccccc32)c2nc3ccccc3n42)cc1. The summed E-state index contributed by atoms with van der Waals surface area (Å²) in [6.07, 6.45) is 0. The Morgan fingerprint density at radius 2 is 0.672 bits per heavy atom. The first-order valence-corrected chi connectivity index (χ1v) is 22.8. The summed E-state index contributed by atoms with van der Waals surface area (Å²) in [4.78, 5) is 5.36. The molecule has 0 bridgehead atoms. The number of nitrogens with zero attached hydrogens (tertiary/aromatic N) is 5. The highest BCUT2D eigenvalue weighted by Crippen LogP contribution is 2.34. The first kappa shape index (κ1) is 35.0. The van der Waals surface area contributed by atoms with Gasteiger partial charge in [0.25, 0.3) is 0 Å². The molecule has 0 aliphatic carbocycles. The van der Waals surface area contributed by atoms with E-state index in [4.69, 9.17) is 4.98 Å². The molecule has 288 valence electrons. The average Bonchev–Trinajstić information content (AvgIpc) is 3.88. The summed E-state index contributed by atoms with van der Waals surface area (Å²) in [6, 6.07) is 86.3. The molecule has 0 atom stereocenters. The van der Waals surface area contributed by atoms with Crippen LogP contribution in [0.3, 0.4) is 0 Å². The van der Waals surface area contributed by atoms with Crippen LogP contribution in [0.5, 0.6) is 0 Å². The summed E-state index contributed by atoms with van der Waals surface area (Å²) in [6.45, 7) is 0. The lowest BCUT2D eigenvalue weighted by atomic mass is 10.2. The molecule has 0 aliphatic heterocycles. The van der Waals surface area contributed by atoms with Crippen molar-refractivity contribution in [1.82, 2.24) is 22.9 Å². The van der Waals surface area contributed by atoms with Gasteiger partial charge in [-0.3, -0.25) is 8.80 Å². The highest BCUT2D eigenvalue weighted by molar-refractivity contribution is 7.19. The Morgan fingerprint density at radius 1 is 0.279 bits per heavy atom. The van der Waals surface area contributed by atoms with Crippen molar-refractivity contribution in [2.75, 3.05) is 0 Å². The summed E-state index contributed by atoms with van der Waals surface area (Å²) in [5, 5.41) is 5.37. The topological polar surface area (TPSA) is 31.6 Å². The van der Waals surface area contributed by atoms with Crippen LogP contribution >= 0.6 is 0 Å². The molecule has 6 heteroatoms. The first-order valence-electron chi connectivity index (χ1n) is 20.8. The van der Waals surface area contributed by atoms with E-state index in [-0.39, 0.29) is 0 Å². The molecule has 0 amide bonds. The Hall–Kier alpha value is -7.93. The quantitative estimate of drug-likeness (QED) is 0.122. The molecular weight excluding hydrogens is 759 g/mol. The molecule has 0 spiro atoms. The predicted octanol–water partition coefficient (Wildman–Crippen LogP) is 10.3. The number of aromatic nitrogens is 5. The van der Waals surface area contributed by atoms with Gasteiger partial charge in [-0.2, -0.15) is 0 Å². The lowest BCUT2D eigenvalue weighted by Crippen LogP contribution is -2.74. The van der Waals surface area contributed by atoms with E-state index in [2.05, 4.69) is 255 Å². The van der Waals surface area contributed by atoms with Gasteiger partial charge in [0.2, 0.25) is 5.78 Å². The summed E-state index contributed by atoms with van der Waals surface area (Å²) >= 11 is 0. The van der Waals surface area contributed by atoms with Gasteiger partial charge in [-0.1, -0.05) is 164 Å². The molecule has 5 nitrogen and oxygen atoms in total. The van der Waals surface area contributed by atoms with Crippen molar-refractivity contribution in [2.24, 2.45) is 0 Å². The zero-order chi connectivity index (χ0) is 40.3. The molecule has 9 aromatic carbocycles. The van der Waals surface area contributed by atoms with Gasteiger partial charge < -0.3 is 9.13 Å².